The van der Waals surface area contributed by atoms with Crippen LogP contribution in [0.5, 0.6) is 0 Å². The van der Waals surface area contributed by atoms with Crippen LogP contribution >= 0.6 is 0 Å². The highest BCUT2D eigenvalue weighted by Crippen LogP contribution is 2.37. The summed E-state index contributed by atoms with van der Waals surface area (Å²) >= 11 is 0. The highest BCUT2D eigenvalue weighted by atomic mass is 16.5. The van der Waals surface area contributed by atoms with Gasteiger partial charge in [0.15, 0.2) is 0 Å². The Hall–Kier alpha value is -1.97. The maximum Gasteiger partial charge on any atom is 0.354 e. The van der Waals surface area contributed by atoms with Crippen molar-refractivity contribution in [2.24, 2.45) is 0 Å². The van der Waals surface area contributed by atoms with Crippen LogP contribution in [0.4, 0.5) is 5.69 Å². The van der Waals surface area contributed by atoms with E-state index in [0.717, 1.165) is 23.0 Å². The first-order valence-electron chi connectivity index (χ1n) is 6.66. The molecule has 3 rings (SSSR count). The number of carbonyl (C=O) groups is 1. The van der Waals surface area contributed by atoms with E-state index >= 15 is 0 Å². The Balaban J connectivity index is 2.34. The Bertz CT molecular complexity index is 645. The molecule has 0 spiro atoms. The minimum Gasteiger partial charge on any atom is -0.464 e. The molecule has 4 nitrogen and oxygen atoms in total. The van der Waals surface area contributed by atoms with E-state index in [2.05, 4.69) is 29.8 Å². The number of benzene rings is 1. The summed E-state index contributed by atoms with van der Waals surface area (Å²) in [5.74, 6) is -0.269. The van der Waals surface area contributed by atoms with Crippen molar-refractivity contribution in [2.75, 3.05) is 12.4 Å². The van der Waals surface area contributed by atoms with Crippen LogP contribution in [0.15, 0.2) is 24.3 Å². The van der Waals surface area contributed by atoms with Crippen molar-refractivity contribution in [1.29, 1.82) is 0 Å². The van der Waals surface area contributed by atoms with Gasteiger partial charge in [0.1, 0.15) is 5.69 Å². The number of ether oxygens (including phenoxy) is 1. The van der Waals surface area contributed by atoms with Gasteiger partial charge in [-0.1, -0.05) is 19.1 Å². The van der Waals surface area contributed by atoms with Crippen molar-refractivity contribution in [3.05, 3.63) is 30.0 Å². The molecule has 2 atom stereocenters. The lowest BCUT2D eigenvalue weighted by Crippen LogP contribution is -2.33. The maximum atomic E-state index is 12.0. The second-order valence-electron chi connectivity index (χ2n) is 5.04. The molecule has 1 aromatic heterocycles. The number of methoxy groups -OCH3 is 1. The topological polar surface area (TPSA) is 43.3 Å². The Morgan fingerprint density at radius 2 is 2.26 bits per heavy atom. The first-order valence-corrected chi connectivity index (χ1v) is 6.66. The zero-order valence-electron chi connectivity index (χ0n) is 11.4. The fourth-order valence-corrected chi connectivity index (χ4v) is 3.11. The molecule has 0 amide bonds. The first kappa shape index (κ1) is 12.1. The number of rotatable bonds is 2. The monoisotopic (exact) mass is 258 g/mol. The minimum atomic E-state index is -0.269. The fraction of sp³-hybridized carbons (Fsp3) is 0.400. The zero-order valence-corrected chi connectivity index (χ0v) is 11.4. The molecule has 0 fully saturated rings. The summed E-state index contributed by atoms with van der Waals surface area (Å²) in [7, 11) is 1.43. The summed E-state index contributed by atoms with van der Waals surface area (Å²) in [5, 5.41) is 4.60. The van der Waals surface area contributed by atoms with Crippen LogP contribution in [0.25, 0.3) is 10.9 Å². The SMILES string of the molecule is CCC1C(C)Nc2cccc3cc(C(=O)OC)n1c23. The van der Waals surface area contributed by atoms with Gasteiger partial charge in [-0.25, -0.2) is 4.79 Å². The number of aromatic nitrogens is 1. The van der Waals surface area contributed by atoms with Gasteiger partial charge >= 0.3 is 5.97 Å². The lowest BCUT2D eigenvalue weighted by atomic mass is 10.0. The normalized spacial score (nSPS) is 21.2. The van der Waals surface area contributed by atoms with Crippen molar-refractivity contribution in [3.8, 4) is 0 Å². The molecule has 0 saturated heterocycles. The molecule has 2 unspecified atom stereocenters. The van der Waals surface area contributed by atoms with Gasteiger partial charge in [-0.2, -0.15) is 0 Å². The van der Waals surface area contributed by atoms with Crippen molar-refractivity contribution in [1.82, 2.24) is 4.57 Å². The van der Waals surface area contributed by atoms with E-state index in [4.69, 9.17) is 4.74 Å². The number of anilines is 1. The third-order valence-corrected chi connectivity index (χ3v) is 3.96. The highest BCUT2D eigenvalue weighted by Gasteiger charge is 2.30. The van der Waals surface area contributed by atoms with Gasteiger partial charge in [0.2, 0.25) is 0 Å². The average molecular weight is 258 g/mol. The number of esters is 1. The van der Waals surface area contributed by atoms with Gasteiger partial charge in [-0.15, -0.1) is 0 Å². The van der Waals surface area contributed by atoms with E-state index in [9.17, 15) is 4.79 Å². The highest BCUT2D eigenvalue weighted by molar-refractivity contribution is 6.00. The number of carbonyl (C=O) groups excluding carboxylic acids is 1. The zero-order chi connectivity index (χ0) is 13.6. The molecule has 2 heterocycles. The Morgan fingerprint density at radius 1 is 1.47 bits per heavy atom. The van der Waals surface area contributed by atoms with Crippen LogP contribution in [-0.2, 0) is 4.74 Å². The van der Waals surface area contributed by atoms with Gasteiger partial charge in [0.25, 0.3) is 0 Å². The number of para-hydroxylation sites is 1. The van der Waals surface area contributed by atoms with Crippen molar-refractivity contribution in [2.45, 2.75) is 32.4 Å². The predicted molar refractivity (Wildman–Crippen MR) is 75.7 cm³/mol. The number of nitrogens with zero attached hydrogens (tertiary/aromatic N) is 1. The summed E-state index contributed by atoms with van der Waals surface area (Å²) in [6.45, 7) is 4.29. The van der Waals surface area contributed by atoms with E-state index in [1.807, 2.05) is 18.2 Å². The molecule has 1 aromatic carbocycles. The van der Waals surface area contributed by atoms with Crippen LogP contribution in [0.1, 0.15) is 36.8 Å². The van der Waals surface area contributed by atoms with Crippen LogP contribution in [0.3, 0.4) is 0 Å². The van der Waals surface area contributed by atoms with E-state index in [-0.39, 0.29) is 12.0 Å². The van der Waals surface area contributed by atoms with Crippen LogP contribution < -0.4 is 5.32 Å². The number of hydrogen-bond acceptors (Lipinski definition) is 3. The summed E-state index contributed by atoms with van der Waals surface area (Å²) in [4.78, 5) is 12.0. The lowest BCUT2D eigenvalue weighted by Gasteiger charge is -2.33. The molecule has 19 heavy (non-hydrogen) atoms. The quantitative estimate of drug-likeness (QED) is 0.841. The molecule has 2 aromatic rings. The third-order valence-electron chi connectivity index (χ3n) is 3.96. The Labute approximate surface area is 112 Å². The van der Waals surface area contributed by atoms with Gasteiger partial charge in [-0.05, 0) is 25.5 Å². The summed E-state index contributed by atoms with van der Waals surface area (Å²) in [6, 6.07) is 8.58. The van der Waals surface area contributed by atoms with E-state index in [1.54, 1.807) is 0 Å². The molecule has 1 aliphatic rings. The van der Waals surface area contributed by atoms with Crippen LogP contribution in [-0.4, -0.2) is 23.7 Å². The largest absolute Gasteiger partial charge is 0.464 e. The van der Waals surface area contributed by atoms with Crippen molar-refractivity contribution >= 4 is 22.6 Å². The average Bonchev–Trinajstić information content (AvgIpc) is 2.79. The van der Waals surface area contributed by atoms with Crippen LogP contribution in [0.2, 0.25) is 0 Å². The smallest absolute Gasteiger partial charge is 0.354 e. The molecule has 100 valence electrons. The first-order chi connectivity index (χ1) is 9.17. The predicted octanol–water partition coefficient (Wildman–Crippen LogP) is 3.19. The molecule has 0 aliphatic carbocycles. The standard InChI is InChI=1S/C15H18N2O2/c1-4-12-9(2)16-11-7-5-6-10-8-13(15(18)19-3)17(12)14(10)11/h5-9,12,16H,4H2,1-3H3. The summed E-state index contributed by atoms with van der Waals surface area (Å²) < 4.78 is 7.06. The van der Waals surface area contributed by atoms with E-state index in [1.165, 1.54) is 7.11 Å². The maximum absolute atomic E-state index is 12.0. The molecule has 0 bridgehead atoms. The Kier molecular flexibility index (Phi) is 2.73. The van der Waals surface area contributed by atoms with Gasteiger partial charge in [-0.3, -0.25) is 0 Å². The Morgan fingerprint density at radius 3 is 2.95 bits per heavy atom. The number of nitrogens with one attached hydrogen (secondary N) is 1. The van der Waals surface area contributed by atoms with E-state index in [0.29, 0.717) is 11.7 Å². The molecular weight excluding hydrogens is 240 g/mol. The van der Waals surface area contributed by atoms with Gasteiger partial charge < -0.3 is 14.6 Å². The van der Waals surface area contributed by atoms with Gasteiger partial charge in [0, 0.05) is 11.4 Å². The minimum absolute atomic E-state index is 0.265. The molecule has 1 N–H and O–H groups in total. The van der Waals surface area contributed by atoms with Gasteiger partial charge in [0.05, 0.1) is 24.4 Å². The summed E-state index contributed by atoms with van der Waals surface area (Å²) in [5.41, 5.74) is 2.84. The molecule has 1 aliphatic heterocycles. The number of hydrogen-bond donors (Lipinski definition) is 1. The molecule has 4 heteroatoms. The second-order valence-corrected chi connectivity index (χ2v) is 5.04. The molecule has 0 radical (unpaired) electrons. The summed E-state index contributed by atoms with van der Waals surface area (Å²) in [6.07, 6.45) is 0.969. The van der Waals surface area contributed by atoms with E-state index < -0.39 is 0 Å². The van der Waals surface area contributed by atoms with Crippen molar-refractivity contribution in [3.63, 3.8) is 0 Å². The van der Waals surface area contributed by atoms with Crippen LogP contribution in [0, 0.1) is 0 Å². The molecule has 0 saturated carbocycles. The van der Waals surface area contributed by atoms with Crippen molar-refractivity contribution < 1.29 is 9.53 Å². The second kappa shape index (κ2) is 4.30. The fourth-order valence-electron chi connectivity index (χ4n) is 3.11. The molecular formula is C15H18N2O2. The third kappa shape index (κ3) is 1.63. The lowest BCUT2D eigenvalue weighted by molar-refractivity contribution is 0.0586.